The quantitative estimate of drug-likeness (QED) is 0.421. The number of thiazole rings is 1. The summed E-state index contributed by atoms with van der Waals surface area (Å²) in [7, 11) is 3.25. The van der Waals surface area contributed by atoms with Crippen LogP contribution in [0.15, 0.2) is 18.2 Å². The number of fused-ring (bicyclic) bond motifs is 2. The molecule has 1 aromatic carbocycles. The molecule has 1 amide bonds. The Kier molecular flexibility index (Phi) is 6.68. The Morgan fingerprint density at radius 3 is 2.67 bits per heavy atom. The SMILES string of the molecule is COc1ccc(OC)c(Nc2nc3c(s2)C[C@@H]2[C@](C)(CO)[C@H](O)CC[C@@]2(C)[C@@H]3CC(=O)NC2CC2)c1. The van der Waals surface area contributed by atoms with Gasteiger partial charge in [0, 0.05) is 34.7 Å². The Morgan fingerprint density at radius 1 is 1.22 bits per heavy atom. The van der Waals surface area contributed by atoms with Gasteiger partial charge in [0.05, 0.1) is 38.3 Å². The molecule has 9 heteroatoms. The first-order valence-electron chi connectivity index (χ1n) is 12.8. The van der Waals surface area contributed by atoms with Crippen LogP contribution >= 0.6 is 11.3 Å². The largest absolute Gasteiger partial charge is 0.497 e. The molecule has 0 saturated heterocycles. The van der Waals surface area contributed by atoms with Gasteiger partial charge in [0.2, 0.25) is 5.91 Å². The number of aliphatic hydroxyl groups is 2. The van der Waals surface area contributed by atoms with Crippen molar-refractivity contribution in [3.8, 4) is 11.5 Å². The van der Waals surface area contributed by atoms with Gasteiger partial charge in [-0.3, -0.25) is 4.79 Å². The third kappa shape index (κ3) is 4.35. The minimum Gasteiger partial charge on any atom is -0.497 e. The van der Waals surface area contributed by atoms with E-state index >= 15 is 0 Å². The van der Waals surface area contributed by atoms with E-state index in [0.717, 1.165) is 47.1 Å². The molecule has 36 heavy (non-hydrogen) atoms. The molecule has 0 bridgehead atoms. The molecule has 3 aliphatic carbocycles. The zero-order valence-electron chi connectivity index (χ0n) is 21.5. The lowest BCUT2D eigenvalue weighted by Crippen LogP contribution is -2.57. The van der Waals surface area contributed by atoms with Crippen LogP contribution in [0.1, 0.15) is 62.4 Å². The van der Waals surface area contributed by atoms with Crippen LogP contribution in [0.5, 0.6) is 11.5 Å². The maximum Gasteiger partial charge on any atom is 0.220 e. The topological polar surface area (TPSA) is 113 Å². The second kappa shape index (κ2) is 9.50. The standard InChI is InChI=1S/C27H37N3O5S/c1-26-10-9-22(32)27(2,14-31)21(26)13-20-24(17(26)12-23(33)28-15-5-6-15)30-25(36-20)29-18-11-16(34-3)7-8-19(18)35-4/h7-8,11,15,17,21-22,31-32H,5-6,9-10,12-14H2,1-4H3,(H,28,33)(H,29,30)/t17-,21+,22-,26+,27+/m1/s1. The number of ether oxygens (including phenoxy) is 2. The molecular weight excluding hydrogens is 478 g/mol. The van der Waals surface area contributed by atoms with Gasteiger partial charge in [0.1, 0.15) is 11.5 Å². The molecule has 5 rings (SSSR count). The summed E-state index contributed by atoms with van der Waals surface area (Å²) in [6, 6.07) is 5.87. The first kappa shape index (κ1) is 25.3. The van der Waals surface area contributed by atoms with Gasteiger partial charge in [-0.15, -0.1) is 11.3 Å². The average Bonchev–Trinajstić information content (AvgIpc) is 3.59. The lowest BCUT2D eigenvalue weighted by atomic mass is 9.47. The highest BCUT2D eigenvalue weighted by atomic mass is 32.1. The number of hydrogen-bond donors (Lipinski definition) is 4. The molecule has 4 N–H and O–H groups in total. The van der Waals surface area contributed by atoms with E-state index in [1.54, 1.807) is 25.6 Å². The molecule has 2 saturated carbocycles. The monoisotopic (exact) mass is 515 g/mol. The molecule has 1 heterocycles. The lowest BCUT2D eigenvalue weighted by Gasteiger charge is -2.58. The van der Waals surface area contributed by atoms with Crippen molar-refractivity contribution in [1.29, 1.82) is 0 Å². The van der Waals surface area contributed by atoms with E-state index in [4.69, 9.17) is 14.5 Å². The van der Waals surface area contributed by atoms with Crippen molar-refractivity contribution in [2.45, 2.75) is 70.4 Å². The van der Waals surface area contributed by atoms with Crippen LogP contribution < -0.4 is 20.1 Å². The number of nitrogens with one attached hydrogen (secondary N) is 2. The van der Waals surface area contributed by atoms with E-state index in [2.05, 4.69) is 17.6 Å². The number of aromatic nitrogens is 1. The zero-order valence-corrected chi connectivity index (χ0v) is 22.3. The van der Waals surface area contributed by atoms with Gasteiger partial charge in [0.15, 0.2) is 5.13 Å². The molecule has 0 radical (unpaired) electrons. The van der Waals surface area contributed by atoms with Gasteiger partial charge in [-0.25, -0.2) is 4.98 Å². The minimum absolute atomic E-state index is 0.0321. The highest BCUT2D eigenvalue weighted by Gasteiger charge is 2.59. The van der Waals surface area contributed by atoms with Crippen molar-refractivity contribution >= 4 is 28.1 Å². The van der Waals surface area contributed by atoms with Crippen molar-refractivity contribution in [1.82, 2.24) is 10.3 Å². The van der Waals surface area contributed by atoms with Gasteiger partial charge >= 0.3 is 0 Å². The number of amides is 1. The lowest BCUT2D eigenvalue weighted by molar-refractivity contribution is -0.144. The van der Waals surface area contributed by atoms with Crippen molar-refractivity contribution in [3.05, 3.63) is 28.8 Å². The first-order chi connectivity index (χ1) is 17.2. The maximum atomic E-state index is 13.1. The van der Waals surface area contributed by atoms with Gasteiger partial charge < -0.3 is 30.3 Å². The Balaban J connectivity index is 1.53. The van der Waals surface area contributed by atoms with E-state index in [-0.39, 0.29) is 29.8 Å². The summed E-state index contributed by atoms with van der Waals surface area (Å²) in [6.07, 6.45) is 3.99. The molecule has 5 atom stereocenters. The second-order valence-corrected chi connectivity index (χ2v) is 12.2. The molecule has 2 aromatic rings. The molecular formula is C27H37N3O5S. The molecule has 1 aromatic heterocycles. The van der Waals surface area contributed by atoms with E-state index in [9.17, 15) is 15.0 Å². The van der Waals surface area contributed by atoms with Crippen LogP contribution in [-0.2, 0) is 11.2 Å². The highest BCUT2D eigenvalue weighted by Crippen LogP contribution is 2.63. The number of carbonyl (C=O) groups excluding carboxylic acids is 1. The maximum absolute atomic E-state index is 13.1. The highest BCUT2D eigenvalue weighted by molar-refractivity contribution is 7.15. The van der Waals surface area contributed by atoms with Crippen molar-refractivity contribution in [3.63, 3.8) is 0 Å². The third-order valence-corrected chi connectivity index (χ3v) is 9.88. The Labute approximate surface area is 216 Å². The average molecular weight is 516 g/mol. The fraction of sp³-hybridized carbons (Fsp3) is 0.630. The van der Waals surface area contributed by atoms with Gasteiger partial charge in [-0.1, -0.05) is 13.8 Å². The summed E-state index contributed by atoms with van der Waals surface area (Å²) < 4.78 is 10.9. The summed E-state index contributed by atoms with van der Waals surface area (Å²) in [4.78, 5) is 19.2. The van der Waals surface area contributed by atoms with Gasteiger partial charge in [-0.2, -0.15) is 0 Å². The van der Waals surface area contributed by atoms with E-state index in [1.807, 2.05) is 25.1 Å². The predicted molar refractivity (Wildman–Crippen MR) is 139 cm³/mol. The number of carbonyl (C=O) groups is 1. The van der Waals surface area contributed by atoms with Crippen molar-refractivity contribution in [2.24, 2.45) is 16.7 Å². The number of aliphatic hydroxyl groups excluding tert-OH is 2. The zero-order chi connectivity index (χ0) is 25.7. The van der Waals surface area contributed by atoms with Crippen LogP contribution in [0.4, 0.5) is 10.8 Å². The number of nitrogens with zero attached hydrogens (tertiary/aromatic N) is 1. The van der Waals surface area contributed by atoms with Crippen molar-refractivity contribution in [2.75, 3.05) is 26.1 Å². The summed E-state index contributed by atoms with van der Waals surface area (Å²) in [5.41, 5.74) is 0.823. The van der Waals surface area contributed by atoms with Crippen LogP contribution in [-0.4, -0.2) is 54.1 Å². The molecule has 196 valence electrons. The molecule has 0 spiro atoms. The Morgan fingerprint density at radius 2 is 2.00 bits per heavy atom. The van der Waals surface area contributed by atoms with Crippen LogP contribution in [0, 0.1) is 16.7 Å². The van der Waals surface area contributed by atoms with E-state index in [1.165, 1.54) is 0 Å². The van der Waals surface area contributed by atoms with E-state index in [0.29, 0.717) is 30.4 Å². The number of hydrogen-bond acceptors (Lipinski definition) is 8. The Hall–Kier alpha value is -2.36. The van der Waals surface area contributed by atoms with Crippen LogP contribution in [0.2, 0.25) is 0 Å². The summed E-state index contributed by atoms with van der Waals surface area (Å²) >= 11 is 1.57. The predicted octanol–water partition coefficient (Wildman–Crippen LogP) is 3.99. The summed E-state index contributed by atoms with van der Waals surface area (Å²) in [5.74, 6) is 1.39. The molecule has 0 unspecified atom stereocenters. The van der Waals surface area contributed by atoms with E-state index < -0.39 is 11.5 Å². The van der Waals surface area contributed by atoms with Gasteiger partial charge in [-0.05, 0) is 55.6 Å². The Bertz CT molecular complexity index is 1130. The second-order valence-electron chi connectivity index (χ2n) is 11.1. The molecule has 2 fully saturated rings. The molecule has 3 aliphatic rings. The normalized spacial score (nSPS) is 31.2. The number of rotatable bonds is 8. The number of methoxy groups -OCH3 is 2. The number of benzene rings is 1. The van der Waals surface area contributed by atoms with Gasteiger partial charge in [0.25, 0.3) is 0 Å². The summed E-state index contributed by atoms with van der Waals surface area (Å²) in [5, 5.41) is 28.7. The molecule has 8 nitrogen and oxygen atoms in total. The molecule has 0 aliphatic heterocycles. The minimum atomic E-state index is -0.635. The fourth-order valence-corrected chi connectivity index (χ4v) is 7.51. The summed E-state index contributed by atoms with van der Waals surface area (Å²) in [6.45, 7) is 4.13. The van der Waals surface area contributed by atoms with Crippen molar-refractivity contribution < 1.29 is 24.5 Å². The first-order valence-corrected chi connectivity index (χ1v) is 13.6. The number of anilines is 2. The van der Waals surface area contributed by atoms with Crippen LogP contribution in [0.3, 0.4) is 0 Å². The van der Waals surface area contributed by atoms with Crippen LogP contribution in [0.25, 0.3) is 0 Å². The third-order valence-electron chi connectivity index (χ3n) is 8.87. The fourth-order valence-electron chi connectivity index (χ4n) is 6.43. The smallest absolute Gasteiger partial charge is 0.220 e.